The monoisotopic (exact) mass is 390 g/mol. The van der Waals surface area contributed by atoms with Crippen LogP contribution in [-0.4, -0.2) is 10.5 Å². The lowest BCUT2D eigenvalue weighted by molar-refractivity contribution is -0.137. The highest BCUT2D eigenvalue weighted by Gasteiger charge is 2.30. The van der Waals surface area contributed by atoms with Crippen LogP contribution in [0.1, 0.15) is 21.5 Å². The Morgan fingerprint density at radius 2 is 1.75 bits per heavy atom. The summed E-state index contributed by atoms with van der Waals surface area (Å²) in [6.07, 6.45) is -3.30. The topological polar surface area (TPSA) is 51.1 Å². The van der Waals surface area contributed by atoms with E-state index in [0.29, 0.717) is 0 Å². The smallest absolute Gasteiger partial charge is 0.322 e. The summed E-state index contributed by atoms with van der Waals surface area (Å²) in [6, 6.07) is 12.5. The van der Waals surface area contributed by atoms with E-state index in [1.807, 2.05) is 0 Å². The number of nitrogens with zero attached hydrogens (tertiary/aromatic N) is 1. The average molecular weight is 390 g/mol. The van der Waals surface area contributed by atoms with Crippen LogP contribution in [0.25, 0.3) is 0 Å². The maximum Gasteiger partial charge on any atom is 0.416 e. The summed E-state index contributed by atoms with van der Waals surface area (Å²) in [4.78, 5) is 24.4. The van der Waals surface area contributed by atoms with E-state index in [4.69, 9.17) is 0 Å². The molecular weight excluding hydrogens is 376 g/mol. The van der Waals surface area contributed by atoms with Crippen molar-refractivity contribution >= 4 is 11.6 Å². The number of benzene rings is 2. The van der Waals surface area contributed by atoms with Crippen molar-refractivity contribution in [3.8, 4) is 0 Å². The fraction of sp³-hybridized carbons (Fsp3) is 0.100. The number of pyridine rings is 1. The van der Waals surface area contributed by atoms with Crippen LogP contribution in [0.15, 0.2) is 71.7 Å². The van der Waals surface area contributed by atoms with Crippen molar-refractivity contribution in [1.82, 2.24) is 4.57 Å². The lowest BCUT2D eigenvalue weighted by Crippen LogP contribution is -2.23. The minimum Gasteiger partial charge on any atom is -0.322 e. The molecule has 3 rings (SSSR count). The Morgan fingerprint density at radius 1 is 1.00 bits per heavy atom. The van der Waals surface area contributed by atoms with Crippen LogP contribution in [0, 0.1) is 5.82 Å². The molecule has 1 aromatic heterocycles. The lowest BCUT2D eigenvalue weighted by atomic mass is 10.1. The molecule has 0 aliphatic carbocycles. The number of hydrogen-bond donors (Lipinski definition) is 1. The fourth-order valence-electron chi connectivity index (χ4n) is 2.58. The molecule has 4 nitrogen and oxygen atoms in total. The van der Waals surface area contributed by atoms with Crippen molar-refractivity contribution in [2.24, 2.45) is 0 Å². The van der Waals surface area contributed by atoms with Gasteiger partial charge in [0.1, 0.15) is 5.82 Å². The standard InChI is InChI=1S/C20H14F4N2O2/c21-17-7-2-1-4-13(17)11-26-12-14(8-9-18(26)27)19(28)25-16-6-3-5-15(10-16)20(22,23)24/h1-10,12H,11H2,(H,25,28). The second kappa shape index (κ2) is 7.67. The van der Waals surface area contributed by atoms with Gasteiger partial charge in [-0.15, -0.1) is 0 Å². The van der Waals surface area contributed by atoms with Crippen molar-refractivity contribution < 1.29 is 22.4 Å². The first-order valence-electron chi connectivity index (χ1n) is 8.16. The van der Waals surface area contributed by atoms with E-state index in [2.05, 4.69) is 5.32 Å². The SMILES string of the molecule is O=C(Nc1cccc(C(F)(F)F)c1)c1ccc(=O)n(Cc2ccccc2F)c1. The van der Waals surface area contributed by atoms with E-state index in [1.54, 1.807) is 6.07 Å². The predicted octanol–water partition coefficient (Wildman–Crippen LogP) is 4.31. The molecule has 1 N–H and O–H groups in total. The number of rotatable bonds is 4. The summed E-state index contributed by atoms with van der Waals surface area (Å²) < 4.78 is 53.3. The van der Waals surface area contributed by atoms with Crippen molar-refractivity contribution in [2.45, 2.75) is 12.7 Å². The van der Waals surface area contributed by atoms with Crippen molar-refractivity contribution in [2.75, 3.05) is 5.32 Å². The summed E-state index contributed by atoms with van der Waals surface area (Å²) in [5.41, 5.74) is -1.06. The number of aromatic nitrogens is 1. The Labute approximate surface area is 157 Å². The molecule has 3 aromatic rings. The van der Waals surface area contributed by atoms with Crippen molar-refractivity contribution in [3.63, 3.8) is 0 Å². The van der Waals surface area contributed by atoms with Crippen molar-refractivity contribution in [1.29, 1.82) is 0 Å². The Kier molecular flexibility index (Phi) is 5.30. The Balaban J connectivity index is 1.83. The Hall–Kier alpha value is -3.42. The zero-order chi connectivity index (χ0) is 20.3. The molecule has 0 spiro atoms. The van der Waals surface area contributed by atoms with Crippen LogP contribution in [0.5, 0.6) is 0 Å². The summed E-state index contributed by atoms with van der Waals surface area (Å²) in [5.74, 6) is -1.19. The molecule has 0 aliphatic rings. The average Bonchev–Trinajstić information content (AvgIpc) is 2.65. The molecule has 0 aliphatic heterocycles. The maximum absolute atomic E-state index is 13.8. The number of alkyl halides is 3. The third-order valence-electron chi connectivity index (χ3n) is 3.99. The highest BCUT2D eigenvalue weighted by molar-refractivity contribution is 6.04. The Bertz CT molecular complexity index is 1070. The number of carbonyl (C=O) groups excluding carboxylic acids is 1. The second-order valence-electron chi connectivity index (χ2n) is 6.01. The third kappa shape index (κ3) is 4.46. The highest BCUT2D eigenvalue weighted by Crippen LogP contribution is 2.30. The quantitative estimate of drug-likeness (QED) is 0.675. The van der Waals surface area contributed by atoms with Gasteiger partial charge in [0, 0.05) is 23.5 Å². The first-order chi connectivity index (χ1) is 13.2. The van der Waals surface area contributed by atoms with E-state index in [9.17, 15) is 27.2 Å². The second-order valence-corrected chi connectivity index (χ2v) is 6.01. The maximum atomic E-state index is 13.8. The zero-order valence-corrected chi connectivity index (χ0v) is 14.3. The van der Waals surface area contributed by atoms with Gasteiger partial charge in [-0.2, -0.15) is 13.2 Å². The molecule has 1 heterocycles. The van der Waals surface area contributed by atoms with Crippen LogP contribution in [0.3, 0.4) is 0 Å². The molecule has 144 valence electrons. The van der Waals surface area contributed by atoms with Gasteiger partial charge in [-0.05, 0) is 30.3 Å². The minimum atomic E-state index is -4.53. The van der Waals surface area contributed by atoms with Gasteiger partial charge >= 0.3 is 6.18 Å². The first kappa shape index (κ1) is 19.3. The molecule has 2 aromatic carbocycles. The van der Waals surface area contributed by atoms with Gasteiger partial charge in [-0.3, -0.25) is 9.59 Å². The van der Waals surface area contributed by atoms with Gasteiger partial charge in [-0.25, -0.2) is 4.39 Å². The van der Waals surface area contributed by atoms with E-state index in [1.165, 1.54) is 42.6 Å². The third-order valence-corrected chi connectivity index (χ3v) is 3.99. The lowest BCUT2D eigenvalue weighted by Gasteiger charge is -2.11. The fourth-order valence-corrected chi connectivity index (χ4v) is 2.58. The number of nitrogens with one attached hydrogen (secondary N) is 1. The molecule has 0 fully saturated rings. The van der Waals surface area contributed by atoms with E-state index >= 15 is 0 Å². The van der Waals surface area contributed by atoms with Gasteiger partial charge in [0.05, 0.1) is 17.7 Å². The molecule has 1 amide bonds. The van der Waals surface area contributed by atoms with Gasteiger partial charge in [0.2, 0.25) is 0 Å². The summed E-state index contributed by atoms with van der Waals surface area (Å²) in [5, 5.41) is 2.36. The highest BCUT2D eigenvalue weighted by atomic mass is 19.4. The largest absolute Gasteiger partial charge is 0.416 e. The molecule has 0 saturated carbocycles. The summed E-state index contributed by atoms with van der Waals surface area (Å²) >= 11 is 0. The molecule has 8 heteroatoms. The van der Waals surface area contributed by atoms with Gasteiger partial charge in [0.25, 0.3) is 11.5 Å². The minimum absolute atomic E-state index is 0.0355. The molecule has 0 atom stereocenters. The van der Waals surface area contributed by atoms with E-state index in [-0.39, 0.29) is 23.4 Å². The first-order valence-corrected chi connectivity index (χ1v) is 8.16. The predicted molar refractivity (Wildman–Crippen MR) is 95.6 cm³/mol. The van der Waals surface area contributed by atoms with Crippen LogP contribution in [-0.2, 0) is 12.7 Å². The van der Waals surface area contributed by atoms with Crippen LogP contribution < -0.4 is 10.9 Å². The van der Waals surface area contributed by atoms with E-state index < -0.39 is 29.0 Å². The van der Waals surface area contributed by atoms with Crippen molar-refractivity contribution in [3.05, 3.63) is 99.7 Å². The molecular formula is C20H14F4N2O2. The molecule has 0 bridgehead atoms. The van der Waals surface area contributed by atoms with Gasteiger partial charge in [-0.1, -0.05) is 24.3 Å². The Morgan fingerprint density at radius 3 is 2.46 bits per heavy atom. The van der Waals surface area contributed by atoms with Gasteiger partial charge < -0.3 is 9.88 Å². The van der Waals surface area contributed by atoms with Crippen LogP contribution in [0.2, 0.25) is 0 Å². The number of carbonyl (C=O) groups is 1. The van der Waals surface area contributed by atoms with E-state index in [0.717, 1.165) is 22.8 Å². The normalized spacial score (nSPS) is 11.3. The van der Waals surface area contributed by atoms with Crippen LogP contribution in [0.4, 0.5) is 23.2 Å². The molecule has 0 radical (unpaired) electrons. The van der Waals surface area contributed by atoms with Crippen LogP contribution >= 0.6 is 0 Å². The number of hydrogen-bond acceptors (Lipinski definition) is 2. The molecule has 28 heavy (non-hydrogen) atoms. The zero-order valence-electron chi connectivity index (χ0n) is 14.3. The molecule has 0 saturated heterocycles. The number of halogens is 4. The van der Waals surface area contributed by atoms with Gasteiger partial charge in [0.15, 0.2) is 0 Å². The summed E-state index contributed by atoms with van der Waals surface area (Å²) in [7, 11) is 0. The number of amides is 1. The number of anilines is 1. The molecule has 0 unspecified atom stereocenters. The summed E-state index contributed by atoms with van der Waals surface area (Å²) in [6.45, 7) is -0.0871.